The summed E-state index contributed by atoms with van der Waals surface area (Å²) in [6, 6.07) is 9.03. The number of aryl methyl sites for hydroxylation is 3. The molecular weight excluding hydrogens is 522 g/mol. The summed E-state index contributed by atoms with van der Waals surface area (Å²) in [5.74, 6) is 0.225. The van der Waals surface area contributed by atoms with Gasteiger partial charge in [0.2, 0.25) is 5.95 Å². The third-order valence-electron chi connectivity index (χ3n) is 7.77. The summed E-state index contributed by atoms with van der Waals surface area (Å²) in [5.41, 5.74) is 8.68. The van der Waals surface area contributed by atoms with E-state index in [-0.39, 0.29) is 17.1 Å². The molecule has 0 unspecified atom stereocenters. The van der Waals surface area contributed by atoms with Gasteiger partial charge in [-0.05, 0) is 62.9 Å². The summed E-state index contributed by atoms with van der Waals surface area (Å²) in [4.78, 5) is 45.3. The van der Waals surface area contributed by atoms with Gasteiger partial charge in [-0.15, -0.1) is 0 Å². The van der Waals surface area contributed by atoms with Crippen molar-refractivity contribution < 1.29 is 9.90 Å². The highest BCUT2D eigenvalue weighted by atomic mass is 16.4. The van der Waals surface area contributed by atoms with Crippen molar-refractivity contribution in [3.63, 3.8) is 0 Å². The van der Waals surface area contributed by atoms with Crippen LogP contribution in [0.25, 0.3) is 0 Å². The molecule has 0 bridgehead atoms. The van der Waals surface area contributed by atoms with E-state index in [2.05, 4.69) is 46.1 Å². The smallest absolute Gasteiger partial charge is 0.341 e. The van der Waals surface area contributed by atoms with E-state index >= 15 is 0 Å². The Kier molecular flexibility index (Phi) is 9.82. The number of carboxylic acid groups (broad SMARTS) is 1. The van der Waals surface area contributed by atoms with Crippen molar-refractivity contribution in [1.29, 1.82) is 0 Å². The van der Waals surface area contributed by atoms with Gasteiger partial charge in [0.25, 0.3) is 5.56 Å². The average molecular weight is 564 g/mol. The largest absolute Gasteiger partial charge is 0.477 e. The summed E-state index contributed by atoms with van der Waals surface area (Å²) < 4.78 is 3.36. The topological polar surface area (TPSA) is 139 Å². The number of aromatic nitrogens is 3. The number of unbranched alkanes of at least 4 members (excludes halogenated alkanes) is 2. The summed E-state index contributed by atoms with van der Waals surface area (Å²) in [6.07, 6.45) is 5.16. The maximum absolute atomic E-state index is 12.7. The first-order valence-corrected chi connectivity index (χ1v) is 14.4. The van der Waals surface area contributed by atoms with E-state index in [0.29, 0.717) is 18.9 Å². The zero-order chi connectivity index (χ0) is 29.5. The molecule has 1 saturated heterocycles. The molecular formula is C30H41N7O4. The van der Waals surface area contributed by atoms with E-state index in [4.69, 9.17) is 5.73 Å². The molecule has 0 spiro atoms. The number of nitrogens with one attached hydrogen (secondary N) is 1. The quantitative estimate of drug-likeness (QED) is 0.283. The highest BCUT2D eigenvalue weighted by Crippen LogP contribution is 2.20. The zero-order valence-corrected chi connectivity index (χ0v) is 24.2. The van der Waals surface area contributed by atoms with E-state index in [9.17, 15) is 19.5 Å². The lowest BCUT2D eigenvalue weighted by molar-refractivity contribution is 0.0694. The lowest BCUT2D eigenvalue weighted by Gasteiger charge is -2.37. The van der Waals surface area contributed by atoms with Crippen molar-refractivity contribution in [2.24, 2.45) is 0 Å². The number of hydrogen-bond acceptors (Lipinski definition) is 8. The lowest BCUT2D eigenvalue weighted by Crippen LogP contribution is -2.47. The molecule has 11 nitrogen and oxygen atoms in total. The molecule has 0 radical (unpaired) electrons. The standard InChI is InChI=1S/C30H41N7O4/c1-4-22-17-23(10-9-21(22)3)32-26-19-28(39)37(30(31)33-26)12-8-6-7-11-34-13-15-36(16-14-34)27-18-25(38)24(29(40)41)20-35(27)5-2/h9-10,17-20,32H,4-8,11-16H2,1-3H3,(H2,31,33)(H,40,41). The molecule has 0 amide bonds. The van der Waals surface area contributed by atoms with Crippen LogP contribution in [-0.4, -0.2) is 62.8 Å². The van der Waals surface area contributed by atoms with Crippen LogP contribution >= 0.6 is 0 Å². The number of nitrogen functional groups attached to an aromatic ring is 1. The van der Waals surface area contributed by atoms with E-state index in [1.807, 2.05) is 17.6 Å². The van der Waals surface area contributed by atoms with Crippen molar-refractivity contribution in [2.75, 3.05) is 48.7 Å². The van der Waals surface area contributed by atoms with Crippen LogP contribution in [-0.2, 0) is 19.5 Å². The molecule has 41 heavy (non-hydrogen) atoms. The fraction of sp³-hybridized carbons (Fsp3) is 0.467. The highest BCUT2D eigenvalue weighted by Gasteiger charge is 2.21. The van der Waals surface area contributed by atoms with Crippen LogP contribution in [0.4, 0.5) is 23.3 Å². The number of hydrogen-bond donors (Lipinski definition) is 3. The van der Waals surface area contributed by atoms with Crippen molar-refractivity contribution >= 4 is 29.2 Å². The van der Waals surface area contributed by atoms with Gasteiger partial charge in [0.05, 0.1) is 0 Å². The summed E-state index contributed by atoms with van der Waals surface area (Å²) in [7, 11) is 0. The van der Waals surface area contributed by atoms with Crippen molar-refractivity contribution in [3.8, 4) is 0 Å². The summed E-state index contributed by atoms with van der Waals surface area (Å²) in [6.45, 7) is 11.5. The predicted molar refractivity (Wildman–Crippen MR) is 163 cm³/mol. The van der Waals surface area contributed by atoms with E-state index in [1.165, 1.54) is 34.0 Å². The third-order valence-corrected chi connectivity index (χ3v) is 7.77. The Labute approximate surface area is 240 Å². The number of carboxylic acids is 1. The molecule has 3 heterocycles. The molecule has 11 heteroatoms. The average Bonchev–Trinajstić information content (AvgIpc) is 2.95. The van der Waals surface area contributed by atoms with E-state index in [1.54, 1.807) is 0 Å². The number of nitrogens with zero attached hydrogens (tertiary/aromatic N) is 5. The van der Waals surface area contributed by atoms with Gasteiger partial charge < -0.3 is 25.6 Å². The van der Waals surface area contributed by atoms with Gasteiger partial charge in [0, 0.05) is 63.3 Å². The number of carbonyl (C=O) groups is 1. The van der Waals surface area contributed by atoms with Crippen LogP contribution in [0.15, 0.2) is 46.1 Å². The van der Waals surface area contributed by atoms with Gasteiger partial charge in [0.1, 0.15) is 17.2 Å². The Morgan fingerprint density at radius 1 is 1.02 bits per heavy atom. The van der Waals surface area contributed by atoms with E-state index < -0.39 is 11.4 Å². The van der Waals surface area contributed by atoms with Gasteiger partial charge in [-0.3, -0.25) is 19.1 Å². The molecule has 1 aromatic carbocycles. The number of aromatic carboxylic acids is 1. The Morgan fingerprint density at radius 2 is 1.76 bits per heavy atom. The van der Waals surface area contributed by atoms with Crippen LogP contribution in [0.1, 0.15) is 54.6 Å². The second-order valence-electron chi connectivity index (χ2n) is 10.5. The molecule has 1 aliphatic heterocycles. The number of piperazine rings is 1. The predicted octanol–water partition coefficient (Wildman–Crippen LogP) is 3.31. The fourth-order valence-electron chi connectivity index (χ4n) is 5.32. The van der Waals surface area contributed by atoms with Crippen LogP contribution in [0.2, 0.25) is 0 Å². The Bertz CT molecular complexity index is 1490. The molecule has 4 rings (SSSR count). The molecule has 4 N–H and O–H groups in total. The first-order chi connectivity index (χ1) is 19.7. The van der Waals surface area contributed by atoms with E-state index in [0.717, 1.165) is 69.9 Å². The van der Waals surface area contributed by atoms with Gasteiger partial charge in [0.15, 0.2) is 5.43 Å². The highest BCUT2D eigenvalue weighted by molar-refractivity contribution is 5.87. The second kappa shape index (κ2) is 13.5. The summed E-state index contributed by atoms with van der Waals surface area (Å²) >= 11 is 0. The normalized spacial score (nSPS) is 13.9. The Hall–Kier alpha value is -4.12. The van der Waals surface area contributed by atoms with Gasteiger partial charge in [-0.1, -0.05) is 19.4 Å². The number of anilines is 4. The van der Waals surface area contributed by atoms with Crippen LogP contribution in [0.3, 0.4) is 0 Å². The maximum atomic E-state index is 12.7. The first kappa shape index (κ1) is 29.9. The fourth-order valence-corrected chi connectivity index (χ4v) is 5.32. The number of rotatable bonds is 12. The summed E-state index contributed by atoms with van der Waals surface area (Å²) in [5, 5.41) is 12.5. The molecule has 0 atom stereocenters. The van der Waals surface area contributed by atoms with Crippen molar-refractivity contribution in [3.05, 3.63) is 73.8 Å². The monoisotopic (exact) mass is 563 g/mol. The van der Waals surface area contributed by atoms with Crippen LogP contribution < -0.4 is 26.9 Å². The second-order valence-corrected chi connectivity index (χ2v) is 10.5. The Balaban J connectivity index is 1.23. The van der Waals surface area contributed by atoms with Crippen molar-refractivity contribution in [2.45, 2.75) is 59.5 Å². The zero-order valence-electron chi connectivity index (χ0n) is 24.2. The van der Waals surface area contributed by atoms with Gasteiger partial charge in [-0.25, -0.2) is 4.79 Å². The lowest BCUT2D eigenvalue weighted by atomic mass is 10.1. The molecule has 1 aliphatic rings. The van der Waals surface area contributed by atoms with Gasteiger partial charge >= 0.3 is 5.97 Å². The molecule has 2 aromatic heterocycles. The Morgan fingerprint density at radius 3 is 2.41 bits per heavy atom. The molecule has 220 valence electrons. The molecule has 3 aromatic rings. The maximum Gasteiger partial charge on any atom is 0.341 e. The molecule has 1 fully saturated rings. The van der Waals surface area contributed by atoms with Crippen LogP contribution in [0, 0.1) is 6.92 Å². The van der Waals surface area contributed by atoms with Gasteiger partial charge in [-0.2, -0.15) is 4.98 Å². The minimum absolute atomic E-state index is 0.166. The van der Waals surface area contributed by atoms with Crippen LogP contribution in [0.5, 0.6) is 0 Å². The minimum Gasteiger partial charge on any atom is -0.477 e. The third kappa shape index (κ3) is 7.35. The minimum atomic E-state index is -1.20. The first-order valence-electron chi connectivity index (χ1n) is 14.4. The van der Waals surface area contributed by atoms with Crippen molar-refractivity contribution in [1.82, 2.24) is 19.0 Å². The molecule has 0 saturated carbocycles. The molecule has 0 aliphatic carbocycles. The number of benzene rings is 1. The SMILES string of the molecule is CCc1cc(Nc2cc(=O)n(CCCCCN3CCN(c4cc(=O)c(C(=O)O)cn4CC)CC3)c(N)n2)ccc1C. The number of pyridine rings is 1. The number of nitrogens with two attached hydrogens (primary N) is 1.